The van der Waals surface area contributed by atoms with Crippen LogP contribution < -0.4 is 14.2 Å². The number of fused-ring (bicyclic) bond motifs is 1. The van der Waals surface area contributed by atoms with E-state index >= 15 is 0 Å². The minimum atomic E-state index is -1.24. The van der Waals surface area contributed by atoms with E-state index in [-0.39, 0.29) is 5.75 Å². The number of ether oxygens (including phenoxy) is 5. The monoisotopic (exact) mass is 400 g/mol. The zero-order valence-electron chi connectivity index (χ0n) is 16.4. The number of benzene rings is 2. The summed E-state index contributed by atoms with van der Waals surface area (Å²) in [5.74, 6) is -2.90. The Morgan fingerprint density at radius 3 is 2.17 bits per heavy atom. The van der Waals surface area contributed by atoms with E-state index in [0.717, 1.165) is 0 Å². The van der Waals surface area contributed by atoms with E-state index in [1.165, 1.54) is 28.4 Å². The Hall–Kier alpha value is -3.55. The summed E-state index contributed by atoms with van der Waals surface area (Å²) in [5.41, 5.74) is 1.45. The van der Waals surface area contributed by atoms with Gasteiger partial charge in [0.25, 0.3) is 0 Å². The van der Waals surface area contributed by atoms with Gasteiger partial charge in [0.1, 0.15) is 17.2 Å². The molecule has 0 spiro atoms. The Balaban J connectivity index is 2.21. The number of hydrogen-bond donors (Lipinski definition) is 0. The lowest BCUT2D eigenvalue weighted by Crippen LogP contribution is -2.38. The third-order valence-corrected chi connectivity index (χ3v) is 4.79. The fourth-order valence-electron chi connectivity index (χ4n) is 3.39. The SMILES string of the molecule is COC(=O)c1ccc([C@@H]2c3c(OC)cc(OC)cc3OC(=O)[C@H]2C(=O)OC)cc1. The predicted molar refractivity (Wildman–Crippen MR) is 100 cm³/mol. The van der Waals surface area contributed by atoms with Gasteiger partial charge < -0.3 is 23.7 Å². The predicted octanol–water partition coefficient (Wildman–Crippen LogP) is 2.33. The van der Waals surface area contributed by atoms with Crippen LogP contribution in [0.1, 0.15) is 27.4 Å². The van der Waals surface area contributed by atoms with Gasteiger partial charge >= 0.3 is 17.9 Å². The molecule has 0 N–H and O–H groups in total. The van der Waals surface area contributed by atoms with Crippen molar-refractivity contribution in [1.82, 2.24) is 0 Å². The number of esters is 3. The lowest BCUT2D eigenvalue weighted by molar-refractivity contribution is -0.157. The first-order valence-corrected chi connectivity index (χ1v) is 8.68. The summed E-state index contributed by atoms with van der Waals surface area (Å²) in [6, 6.07) is 9.62. The van der Waals surface area contributed by atoms with Crippen molar-refractivity contribution >= 4 is 17.9 Å². The van der Waals surface area contributed by atoms with E-state index in [9.17, 15) is 14.4 Å². The first-order chi connectivity index (χ1) is 13.9. The standard InChI is InChI=1S/C21H20O8/c1-25-13-9-14(26-2)17-15(10-13)29-21(24)18(20(23)28-4)16(17)11-5-7-12(8-6-11)19(22)27-3/h5-10,16,18H,1-4H3/t16-,18-/m1/s1. The zero-order valence-corrected chi connectivity index (χ0v) is 16.4. The summed E-state index contributed by atoms with van der Waals surface area (Å²) in [5, 5.41) is 0. The van der Waals surface area contributed by atoms with Crippen LogP contribution in [0.25, 0.3) is 0 Å². The summed E-state index contributed by atoms with van der Waals surface area (Å²) in [6.45, 7) is 0. The molecule has 0 bridgehead atoms. The van der Waals surface area contributed by atoms with Crippen LogP contribution in [0.5, 0.6) is 17.2 Å². The van der Waals surface area contributed by atoms with E-state index in [4.69, 9.17) is 23.7 Å². The molecule has 0 fully saturated rings. The summed E-state index contributed by atoms with van der Waals surface area (Å²) in [7, 11) is 5.44. The average Bonchev–Trinajstić information content (AvgIpc) is 2.76. The van der Waals surface area contributed by atoms with Crippen molar-refractivity contribution in [1.29, 1.82) is 0 Å². The van der Waals surface area contributed by atoms with Crippen LogP contribution in [-0.4, -0.2) is 46.3 Å². The van der Waals surface area contributed by atoms with Gasteiger partial charge in [0.2, 0.25) is 0 Å². The van der Waals surface area contributed by atoms with E-state index in [2.05, 4.69) is 0 Å². The lowest BCUT2D eigenvalue weighted by Gasteiger charge is -2.32. The summed E-state index contributed by atoms with van der Waals surface area (Å²) < 4.78 is 25.7. The second-order valence-electron chi connectivity index (χ2n) is 6.25. The number of hydrogen-bond acceptors (Lipinski definition) is 8. The molecule has 8 heteroatoms. The molecule has 2 aromatic carbocycles. The number of rotatable bonds is 5. The molecule has 1 aliphatic heterocycles. The van der Waals surface area contributed by atoms with Crippen LogP contribution in [0, 0.1) is 5.92 Å². The maximum absolute atomic E-state index is 12.7. The van der Waals surface area contributed by atoms with Crippen LogP contribution in [-0.2, 0) is 19.1 Å². The van der Waals surface area contributed by atoms with Crippen molar-refractivity contribution < 1.29 is 38.1 Å². The molecule has 0 radical (unpaired) electrons. The van der Waals surface area contributed by atoms with Crippen LogP contribution in [0.2, 0.25) is 0 Å². The first-order valence-electron chi connectivity index (χ1n) is 8.68. The summed E-state index contributed by atoms with van der Waals surface area (Å²) in [4.78, 5) is 36.9. The van der Waals surface area contributed by atoms with Gasteiger partial charge in [-0.05, 0) is 17.7 Å². The molecule has 0 aliphatic carbocycles. The summed E-state index contributed by atoms with van der Waals surface area (Å²) >= 11 is 0. The highest BCUT2D eigenvalue weighted by Crippen LogP contribution is 2.48. The highest BCUT2D eigenvalue weighted by molar-refractivity contribution is 5.99. The lowest BCUT2D eigenvalue weighted by atomic mass is 9.78. The Kier molecular flexibility index (Phi) is 5.72. The second-order valence-corrected chi connectivity index (χ2v) is 6.25. The summed E-state index contributed by atoms with van der Waals surface area (Å²) in [6.07, 6.45) is 0. The molecule has 1 aliphatic rings. The maximum atomic E-state index is 12.7. The molecule has 1 heterocycles. The van der Waals surface area contributed by atoms with Gasteiger partial charge in [0.15, 0.2) is 5.92 Å². The van der Waals surface area contributed by atoms with E-state index in [1.807, 2.05) is 0 Å². The molecule has 0 aromatic heterocycles. The third kappa shape index (κ3) is 3.61. The number of methoxy groups -OCH3 is 4. The normalized spacial score (nSPS) is 17.6. The Morgan fingerprint density at radius 1 is 0.931 bits per heavy atom. The molecule has 29 heavy (non-hydrogen) atoms. The largest absolute Gasteiger partial charge is 0.496 e. The molecule has 0 amide bonds. The molecular formula is C21H20O8. The molecule has 0 saturated carbocycles. The molecule has 152 valence electrons. The highest BCUT2D eigenvalue weighted by Gasteiger charge is 2.46. The average molecular weight is 400 g/mol. The zero-order chi connectivity index (χ0) is 21.1. The van der Waals surface area contributed by atoms with Crippen molar-refractivity contribution in [3.05, 3.63) is 53.1 Å². The molecule has 3 rings (SSSR count). The number of carbonyl (C=O) groups is 3. The fourth-order valence-corrected chi connectivity index (χ4v) is 3.39. The van der Waals surface area contributed by atoms with Crippen LogP contribution in [0.4, 0.5) is 0 Å². The van der Waals surface area contributed by atoms with Gasteiger partial charge in [0.05, 0.1) is 34.0 Å². The van der Waals surface area contributed by atoms with Gasteiger partial charge in [-0.3, -0.25) is 9.59 Å². The minimum Gasteiger partial charge on any atom is -0.496 e. The quantitative estimate of drug-likeness (QED) is 0.429. The topological polar surface area (TPSA) is 97.4 Å². The van der Waals surface area contributed by atoms with Gasteiger partial charge in [-0.15, -0.1) is 0 Å². The van der Waals surface area contributed by atoms with Crippen molar-refractivity contribution in [2.45, 2.75) is 5.92 Å². The van der Waals surface area contributed by atoms with Crippen molar-refractivity contribution in [2.75, 3.05) is 28.4 Å². The van der Waals surface area contributed by atoms with Crippen LogP contribution >= 0.6 is 0 Å². The third-order valence-electron chi connectivity index (χ3n) is 4.79. The molecule has 2 aromatic rings. The highest BCUT2D eigenvalue weighted by atomic mass is 16.6. The van der Waals surface area contributed by atoms with Gasteiger partial charge in [-0.2, -0.15) is 0 Å². The van der Waals surface area contributed by atoms with E-state index in [0.29, 0.717) is 28.2 Å². The van der Waals surface area contributed by atoms with Crippen molar-refractivity contribution in [3.63, 3.8) is 0 Å². The molecule has 0 saturated heterocycles. The van der Waals surface area contributed by atoms with E-state index < -0.39 is 29.7 Å². The minimum absolute atomic E-state index is 0.230. The molecule has 2 atom stereocenters. The molecule has 0 unspecified atom stereocenters. The van der Waals surface area contributed by atoms with Crippen LogP contribution in [0.15, 0.2) is 36.4 Å². The fraction of sp³-hybridized carbons (Fsp3) is 0.286. The maximum Gasteiger partial charge on any atom is 0.337 e. The van der Waals surface area contributed by atoms with Crippen LogP contribution in [0.3, 0.4) is 0 Å². The van der Waals surface area contributed by atoms with Gasteiger partial charge in [-0.1, -0.05) is 12.1 Å². The Labute approximate surface area is 167 Å². The van der Waals surface area contributed by atoms with E-state index in [1.54, 1.807) is 36.4 Å². The van der Waals surface area contributed by atoms with Crippen molar-refractivity contribution in [2.24, 2.45) is 5.92 Å². The first kappa shape index (κ1) is 20.2. The Bertz CT molecular complexity index is 948. The second kappa shape index (κ2) is 8.22. The smallest absolute Gasteiger partial charge is 0.337 e. The molecule has 8 nitrogen and oxygen atoms in total. The van der Waals surface area contributed by atoms with Gasteiger partial charge in [-0.25, -0.2) is 4.79 Å². The van der Waals surface area contributed by atoms with Crippen molar-refractivity contribution in [3.8, 4) is 17.2 Å². The Morgan fingerprint density at radius 2 is 1.62 bits per heavy atom. The van der Waals surface area contributed by atoms with Gasteiger partial charge in [0, 0.05) is 23.6 Å². The number of carbonyl (C=O) groups excluding carboxylic acids is 3. The molecular weight excluding hydrogens is 380 g/mol.